The van der Waals surface area contributed by atoms with E-state index in [9.17, 15) is 4.79 Å². The maximum Gasteiger partial charge on any atom is 0.254 e. The molecule has 19 heavy (non-hydrogen) atoms. The summed E-state index contributed by atoms with van der Waals surface area (Å²) in [4.78, 5) is 16.8. The minimum Gasteiger partial charge on any atom is -0.380 e. The van der Waals surface area contributed by atoms with Gasteiger partial charge in [-0.1, -0.05) is 0 Å². The lowest BCUT2D eigenvalue weighted by molar-refractivity contribution is 0.0757. The standard InChI is InChI=1S/C14H20N2O2S/c17-14(12-3-9-19-11-12)16-5-1-4-15(6-7-16)13-2-8-18-10-13/h3,9,11,13H,1-2,4-8,10H2. The molecule has 5 heteroatoms. The summed E-state index contributed by atoms with van der Waals surface area (Å²) in [6, 6.07) is 2.48. The Bertz CT molecular complexity index is 415. The molecule has 0 aliphatic carbocycles. The van der Waals surface area contributed by atoms with E-state index in [1.807, 2.05) is 21.7 Å². The Hall–Kier alpha value is -0.910. The second kappa shape index (κ2) is 6.03. The van der Waals surface area contributed by atoms with Crippen LogP contribution in [0.3, 0.4) is 0 Å². The summed E-state index contributed by atoms with van der Waals surface area (Å²) in [5, 5.41) is 3.91. The van der Waals surface area contributed by atoms with E-state index in [0.717, 1.165) is 57.8 Å². The van der Waals surface area contributed by atoms with E-state index in [1.165, 1.54) is 0 Å². The molecule has 4 nitrogen and oxygen atoms in total. The predicted octanol–water partition coefficient (Wildman–Crippen LogP) is 1.68. The van der Waals surface area contributed by atoms with Gasteiger partial charge in [-0.05, 0) is 24.3 Å². The molecule has 0 radical (unpaired) electrons. The van der Waals surface area contributed by atoms with E-state index in [1.54, 1.807) is 11.3 Å². The smallest absolute Gasteiger partial charge is 0.254 e. The van der Waals surface area contributed by atoms with E-state index in [2.05, 4.69) is 4.90 Å². The lowest BCUT2D eigenvalue weighted by atomic mass is 10.2. The van der Waals surface area contributed by atoms with E-state index in [0.29, 0.717) is 6.04 Å². The number of ether oxygens (including phenoxy) is 1. The molecule has 3 rings (SSSR count). The van der Waals surface area contributed by atoms with Crippen molar-refractivity contribution in [3.05, 3.63) is 22.4 Å². The number of hydrogen-bond acceptors (Lipinski definition) is 4. The van der Waals surface area contributed by atoms with Gasteiger partial charge in [-0.3, -0.25) is 9.69 Å². The number of carbonyl (C=O) groups is 1. The second-order valence-corrected chi connectivity index (χ2v) is 5.99. The molecule has 0 bridgehead atoms. The van der Waals surface area contributed by atoms with Crippen LogP contribution in [0.5, 0.6) is 0 Å². The van der Waals surface area contributed by atoms with Crippen LogP contribution in [0.15, 0.2) is 16.8 Å². The molecule has 1 atom stereocenters. The van der Waals surface area contributed by atoms with Gasteiger partial charge in [0, 0.05) is 44.2 Å². The number of thiophene rings is 1. The number of nitrogens with zero attached hydrogens (tertiary/aromatic N) is 2. The highest BCUT2D eigenvalue weighted by Crippen LogP contribution is 2.17. The van der Waals surface area contributed by atoms with Gasteiger partial charge in [0.05, 0.1) is 12.2 Å². The van der Waals surface area contributed by atoms with Crippen LogP contribution in [-0.4, -0.2) is 61.1 Å². The fraction of sp³-hybridized carbons (Fsp3) is 0.643. The van der Waals surface area contributed by atoms with Crippen molar-refractivity contribution in [1.29, 1.82) is 0 Å². The Morgan fingerprint density at radius 2 is 2.26 bits per heavy atom. The first kappa shape index (κ1) is 13.1. The maximum absolute atomic E-state index is 12.3. The third kappa shape index (κ3) is 2.99. The monoisotopic (exact) mass is 280 g/mol. The van der Waals surface area contributed by atoms with Gasteiger partial charge in [-0.2, -0.15) is 11.3 Å². The molecule has 0 aromatic carbocycles. The number of amides is 1. The van der Waals surface area contributed by atoms with Gasteiger partial charge < -0.3 is 9.64 Å². The Morgan fingerprint density at radius 1 is 1.32 bits per heavy atom. The van der Waals surface area contributed by atoms with Crippen molar-refractivity contribution in [2.75, 3.05) is 39.4 Å². The van der Waals surface area contributed by atoms with E-state index in [-0.39, 0.29) is 5.91 Å². The van der Waals surface area contributed by atoms with Gasteiger partial charge in [-0.25, -0.2) is 0 Å². The zero-order chi connectivity index (χ0) is 13.1. The lowest BCUT2D eigenvalue weighted by Crippen LogP contribution is -2.39. The molecule has 2 fully saturated rings. The van der Waals surface area contributed by atoms with Gasteiger partial charge in [0.15, 0.2) is 0 Å². The van der Waals surface area contributed by atoms with Crippen molar-refractivity contribution in [1.82, 2.24) is 9.80 Å². The van der Waals surface area contributed by atoms with Crippen LogP contribution in [0.1, 0.15) is 23.2 Å². The van der Waals surface area contributed by atoms with Crippen molar-refractivity contribution < 1.29 is 9.53 Å². The first-order valence-electron chi connectivity index (χ1n) is 6.98. The van der Waals surface area contributed by atoms with Crippen LogP contribution in [0.25, 0.3) is 0 Å². The average molecular weight is 280 g/mol. The zero-order valence-corrected chi connectivity index (χ0v) is 11.9. The van der Waals surface area contributed by atoms with Gasteiger partial charge >= 0.3 is 0 Å². The topological polar surface area (TPSA) is 32.8 Å². The average Bonchev–Trinajstić information content (AvgIpc) is 3.08. The third-order valence-electron chi connectivity index (χ3n) is 4.01. The molecule has 1 aromatic heterocycles. The Kier molecular flexibility index (Phi) is 4.15. The van der Waals surface area contributed by atoms with Crippen molar-refractivity contribution >= 4 is 17.2 Å². The van der Waals surface area contributed by atoms with Crippen LogP contribution >= 0.6 is 11.3 Å². The van der Waals surface area contributed by atoms with Crippen LogP contribution in [0, 0.1) is 0 Å². The second-order valence-electron chi connectivity index (χ2n) is 5.21. The Balaban J connectivity index is 1.59. The molecule has 2 aliphatic heterocycles. The van der Waals surface area contributed by atoms with Crippen molar-refractivity contribution in [2.24, 2.45) is 0 Å². The summed E-state index contributed by atoms with van der Waals surface area (Å²) in [6.45, 7) is 5.52. The quantitative estimate of drug-likeness (QED) is 0.826. The largest absolute Gasteiger partial charge is 0.380 e. The van der Waals surface area contributed by atoms with Gasteiger partial charge in [0.25, 0.3) is 5.91 Å². The summed E-state index contributed by atoms with van der Waals surface area (Å²) in [7, 11) is 0. The molecular weight excluding hydrogens is 260 g/mol. The molecule has 2 saturated heterocycles. The van der Waals surface area contributed by atoms with Crippen LogP contribution in [-0.2, 0) is 4.74 Å². The van der Waals surface area contributed by atoms with Gasteiger partial charge in [0.1, 0.15) is 0 Å². The number of hydrogen-bond donors (Lipinski definition) is 0. The van der Waals surface area contributed by atoms with E-state index < -0.39 is 0 Å². The molecule has 3 heterocycles. The fourth-order valence-electron chi connectivity index (χ4n) is 2.88. The molecule has 104 valence electrons. The normalized spacial score (nSPS) is 25.5. The van der Waals surface area contributed by atoms with Crippen molar-refractivity contribution in [3.8, 4) is 0 Å². The molecular formula is C14H20N2O2S. The fourth-order valence-corrected chi connectivity index (χ4v) is 3.51. The first-order valence-corrected chi connectivity index (χ1v) is 7.92. The molecule has 0 spiro atoms. The predicted molar refractivity (Wildman–Crippen MR) is 75.6 cm³/mol. The molecule has 0 saturated carbocycles. The number of rotatable bonds is 2. The molecule has 2 aliphatic rings. The highest BCUT2D eigenvalue weighted by atomic mass is 32.1. The van der Waals surface area contributed by atoms with E-state index >= 15 is 0 Å². The molecule has 1 aromatic rings. The zero-order valence-electron chi connectivity index (χ0n) is 11.1. The number of carbonyl (C=O) groups excluding carboxylic acids is 1. The SMILES string of the molecule is O=C(c1ccsc1)N1CCCN(C2CCOC2)CC1. The molecule has 0 N–H and O–H groups in total. The lowest BCUT2D eigenvalue weighted by Gasteiger charge is -2.26. The summed E-state index contributed by atoms with van der Waals surface area (Å²) < 4.78 is 5.46. The van der Waals surface area contributed by atoms with Crippen LogP contribution in [0.2, 0.25) is 0 Å². The highest BCUT2D eigenvalue weighted by molar-refractivity contribution is 7.08. The van der Waals surface area contributed by atoms with Gasteiger partial charge in [0.2, 0.25) is 0 Å². The van der Waals surface area contributed by atoms with Gasteiger partial charge in [-0.15, -0.1) is 0 Å². The summed E-state index contributed by atoms with van der Waals surface area (Å²) >= 11 is 1.58. The summed E-state index contributed by atoms with van der Waals surface area (Å²) in [6.07, 6.45) is 2.20. The minimum atomic E-state index is 0.186. The maximum atomic E-state index is 12.3. The molecule has 1 amide bonds. The Morgan fingerprint density at radius 3 is 3.00 bits per heavy atom. The van der Waals surface area contributed by atoms with Crippen LogP contribution in [0.4, 0.5) is 0 Å². The minimum absolute atomic E-state index is 0.186. The summed E-state index contributed by atoms with van der Waals surface area (Å²) in [5.41, 5.74) is 0.836. The molecule has 1 unspecified atom stereocenters. The van der Waals surface area contributed by atoms with E-state index in [4.69, 9.17) is 4.74 Å². The highest BCUT2D eigenvalue weighted by Gasteiger charge is 2.26. The third-order valence-corrected chi connectivity index (χ3v) is 4.69. The first-order chi connectivity index (χ1) is 9.34. The van der Waals surface area contributed by atoms with Crippen LogP contribution < -0.4 is 0 Å². The Labute approximate surface area is 118 Å². The van der Waals surface area contributed by atoms with Crippen molar-refractivity contribution in [3.63, 3.8) is 0 Å². The van der Waals surface area contributed by atoms with Crippen molar-refractivity contribution in [2.45, 2.75) is 18.9 Å². The summed E-state index contributed by atoms with van der Waals surface area (Å²) in [5.74, 6) is 0.186.